The predicted molar refractivity (Wildman–Crippen MR) is 210 cm³/mol. The van der Waals surface area contributed by atoms with Crippen molar-refractivity contribution in [1.29, 1.82) is 0 Å². The Morgan fingerprint density at radius 3 is 2.02 bits per heavy atom. The Morgan fingerprint density at radius 2 is 1.56 bits per heavy atom. The first kappa shape index (κ1) is 46.2. The lowest BCUT2D eigenvalue weighted by Crippen LogP contribution is -2.37. The number of halogens is 2. The lowest BCUT2D eigenvalue weighted by molar-refractivity contribution is -0.384. The Balaban J connectivity index is 0.000000512. The molecule has 3 N–H and O–H groups in total. The van der Waals surface area contributed by atoms with Crippen molar-refractivity contribution in [2.75, 3.05) is 47.1 Å². The van der Waals surface area contributed by atoms with Gasteiger partial charge in [0.25, 0.3) is 5.69 Å². The maximum absolute atomic E-state index is 11.3. The molecule has 0 bridgehead atoms. The number of non-ortho nitro benzene ring substituents is 1. The minimum absolute atomic E-state index is 0.0949. The Hall–Kier alpha value is -3.98. The van der Waals surface area contributed by atoms with Gasteiger partial charge in [-0.05, 0) is 94.9 Å². The third-order valence-corrected chi connectivity index (χ3v) is 8.41. The maximum Gasteiger partial charge on any atom is 0.326 e. The molecule has 1 amide bonds. The van der Waals surface area contributed by atoms with Gasteiger partial charge in [-0.3, -0.25) is 14.9 Å². The van der Waals surface area contributed by atoms with Gasteiger partial charge < -0.3 is 39.4 Å². The quantitative estimate of drug-likeness (QED) is 0.0476. The highest BCUT2D eigenvalue weighted by molar-refractivity contribution is 6.34. The number of nitrogens with zero attached hydrogens (tertiary/aromatic N) is 1. The molecule has 0 spiro atoms. The highest BCUT2D eigenvalue weighted by Gasteiger charge is 2.20. The molecule has 1 fully saturated rings. The zero-order valence-corrected chi connectivity index (χ0v) is 33.3. The number of rotatable bonds is 19. The van der Waals surface area contributed by atoms with Crippen molar-refractivity contribution in [1.82, 2.24) is 10.6 Å². The summed E-state index contributed by atoms with van der Waals surface area (Å²) < 4.78 is 28.8. The predicted octanol–water partition coefficient (Wildman–Crippen LogP) is 7.51. The lowest BCUT2D eigenvalue weighted by Gasteiger charge is -2.25. The average molecular weight is 795 g/mol. The number of carboxylic acid groups (broad SMARTS) is 1. The summed E-state index contributed by atoms with van der Waals surface area (Å²) in [4.78, 5) is 31.7. The van der Waals surface area contributed by atoms with E-state index in [0.717, 1.165) is 28.7 Å². The first-order valence-corrected chi connectivity index (χ1v) is 18.4. The Bertz CT molecular complexity index is 1550. The molecule has 0 aromatic heterocycles. The van der Waals surface area contributed by atoms with E-state index in [9.17, 15) is 24.8 Å². The van der Waals surface area contributed by atoms with Crippen LogP contribution in [0.1, 0.15) is 58.1 Å². The summed E-state index contributed by atoms with van der Waals surface area (Å²) in [6.45, 7) is 12.6. The van der Waals surface area contributed by atoms with Gasteiger partial charge >= 0.3 is 5.97 Å². The number of carboxylic acids is 1. The van der Waals surface area contributed by atoms with Crippen LogP contribution >= 0.6 is 23.2 Å². The fraction of sp³-hybridized carbons (Fsp3) is 0.487. The van der Waals surface area contributed by atoms with E-state index in [2.05, 4.69) is 10.6 Å². The molecule has 0 radical (unpaired) electrons. The van der Waals surface area contributed by atoms with Crippen LogP contribution in [-0.4, -0.2) is 87.3 Å². The van der Waals surface area contributed by atoms with Crippen LogP contribution in [0, 0.1) is 10.1 Å². The van der Waals surface area contributed by atoms with Crippen LogP contribution in [0.15, 0.2) is 54.6 Å². The van der Waals surface area contributed by atoms with Crippen LogP contribution in [0.5, 0.6) is 11.5 Å². The molecule has 3 aromatic rings. The van der Waals surface area contributed by atoms with E-state index in [1.54, 1.807) is 14.2 Å². The number of ether oxygens (including phenoxy) is 5. The number of nitro benzene ring substituents is 1. The van der Waals surface area contributed by atoms with Gasteiger partial charge in [-0.1, -0.05) is 47.5 Å². The van der Waals surface area contributed by atoms with Crippen molar-refractivity contribution in [3.05, 3.63) is 85.9 Å². The molecule has 0 unspecified atom stereocenters. The zero-order chi connectivity index (χ0) is 40.1. The zero-order valence-electron chi connectivity index (χ0n) is 31.8. The highest BCUT2D eigenvalue weighted by Crippen LogP contribution is 2.40. The van der Waals surface area contributed by atoms with Crippen molar-refractivity contribution >= 4 is 41.3 Å². The summed E-state index contributed by atoms with van der Waals surface area (Å²) in [6, 6.07) is 14.2. The number of hydrogen-bond acceptors (Lipinski definition) is 10. The van der Waals surface area contributed by atoms with Crippen LogP contribution in [0.25, 0.3) is 11.1 Å². The number of methoxy groups -OCH3 is 2. The number of nitrogens with one attached hydrogen (secondary N) is 2. The fourth-order valence-corrected chi connectivity index (χ4v) is 5.64. The normalized spacial score (nSPS) is 12.8. The van der Waals surface area contributed by atoms with Gasteiger partial charge in [-0.25, -0.2) is 4.79 Å². The Labute approximate surface area is 327 Å². The van der Waals surface area contributed by atoms with Gasteiger partial charge in [-0.2, -0.15) is 0 Å². The third kappa shape index (κ3) is 17.4. The van der Waals surface area contributed by atoms with Gasteiger partial charge in [-0.15, -0.1) is 0 Å². The molecule has 1 aliphatic heterocycles. The minimum atomic E-state index is -1.09. The first-order valence-electron chi connectivity index (χ1n) is 17.6. The topological polar surface area (TPSA) is 168 Å². The third-order valence-electron chi connectivity index (χ3n) is 7.98. The summed E-state index contributed by atoms with van der Waals surface area (Å²) in [7, 11) is 3.19. The van der Waals surface area contributed by atoms with Crippen molar-refractivity contribution in [2.45, 2.75) is 77.7 Å². The van der Waals surface area contributed by atoms with Crippen molar-refractivity contribution in [2.24, 2.45) is 0 Å². The van der Waals surface area contributed by atoms with E-state index in [-0.39, 0.29) is 33.9 Å². The van der Waals surface area contributed by atoms with Gasteiger partial charge in [0.05, 0.1) is 56.2 Å². The molecule has 54 heavy (non-hydrogen) atoms. The van der Waals surface area contributed by atoms with E-state index >= 15 is 0 Å². The molecular formula is C39H53Cl2N3O10. The molecule has 3 aromatic carbocycles. The number of benzene rings is 3. The largest absolute Gasteiger partial charge is 0.496 e. The number of carbonyl (C=O) groups is 2. The molecule has 13 nitrogen and oxygen atoms in total. The summed E-state index contributed by atoms with van der Waals surface area (Å²) in [6.07, 6.45) is 4.35. The van der Waals surface area contributed by atoms with E-state index < -0.39 is 16.9 Å². The monoisotopic (exact) mass is 793 g/mol. The lowest BCUT2D eigenvalue weighted by atomic mass is 9.98. The van der Waals surface area contributed by atoms with Crippen molar-refractivity contribution < 1.29 is 43.3 Å². The summed E-state index contributed by atoms with van der Waals surface area (Å²) >= 11 is 11.0. The molecule has 1 aliphatic rings. The summed E-state index contributed by atoms with van der Waals surface area (Å²) in [5.74, 6) is 0.169. The molecule has 4 rings (SSSR count). The van der Waals surface area contributed by atoms with E-state index in [1.807, 2.05) is 64.1 Å². The second-order valence-electron chi connectivity index (χ2n) is 13.1. The molecule has 15 heteroatoms. The number of amides is 1. The average Bonchev–Trinajstić information content (AvgIpc) is 3.71. The van der Waals surface area contributed by atoms with Crippen LogP contribution < -0.4 is 20.1 Å². The van der Waals surface area contributed by atoms with E-state index in [0.29, 0.717) is 44.3 Å². The van der Waals surface area contributed by atoms with Crippen LogP contribution in [0.2, 0.25) is 10.0 Å². The number of aliphatic carboxylic acids is 1. The second-order valence-corrected chi connectivity index (χ2v) is 14.0. The Kier molecular flexibility index (Phi) is 20.9. The van der Waals surface area contributed by atoms with Gasteiger partial charge in [0, 0.05) is 35.2 Å². The molecule has 1 heterocycles. The minimum Gasteiger partial charge on any atom is -0.496 e. The summed E-state index contributed by atoms with van der Waals surface area (Å²) in [5, 5.41) is 25.5. The van der Waals surface area contributed by atoms with Crippen LogP contribution in [0.4, 0.5) is 5.69 Å². The fourth-order valence-electron chi connectivity index (χ4n) is 5.13. The van der Waals surface area contributed by atoms with Crippen molar-refractivity contribution in [3.8, 4) is 22.6 Å². The number of nitro groups is 1. The standard InChI is InChI=1S/C29H41NO8.C6H3Cl2NO2.C4H9N/c1-20(2)37-12-11-29(3,4)38-14-13-36-18-22-16-25(34-5)27(26(17-22)35-6)23-9-7-21(8-10-23)15-24(28(32)33)30-19-31;7-4-1-5(8)3-6(2-4)9(10)11;1-2-4-5-3-1/h7-10,16-17,19-20,24H,11-15,18H2,1-6H3,(H,30,31)(H,32,33);1-3H;5H,1-4H2/t24-;;/m0../s1. The van der Waals surface area contributed by atoms with Crippen LogP contribution in [-0.2, 0) is 36.8 Å². The first-order chi connectivity index (χ1) is 25.7. The maximum atomic E-state index is 11.3. The van der Waals surface area contributed by atoms with E-state index in [1.165, 1.54) is 44.1 Å². The molecule has 298 valence electrons. The second kappa shape index (κ2) is 24.4. The molecule has 1 atom stereocenters. The van der Waals surface area contributed by atoms with Gasteiger partial charge in [0.1, 0.15) is 17.5 Å². The smallest absolute Gasteiger partial charge is 0.326 e. The highest BCUT2D eigenvalue weighted by atomic mass is 35.5. The van der Waals surface area contributed by atoms with E-state index in [4.69, 9.17) is 46.9 Å². The number of hydrogen-bond donors (Lipinski definition) is 3. The van der Waals surface area contributed by atoms with Crippen LogP contribution in [0.3, 0.4) is 0 Å². The molecule has 0 saturated carbocycles. The van der Waals surface area contributed by atoms with Crippen molar-refractivity contribution in [3.63, 3.8) is 0 Å². The Morgan fingerprint density at radius 1 is 0.963 bits per heavy atom. The molecule has 1 saturated heterocycles. The van der Waals surface area contributed by atoms with Gasteiger partial charge in [0.15, 0.2) is 0 Å². The van der Waals surface area contributed by atoms with Gasteiger partial charge in [0.2, 0.25) is 6.41 Å². The summed E-state index contributed by atoms with van der Waals surface area (Å²) in [5.41, 5.74) is 2.91. The molecule has 0 aliphatic carbocycles. The SMILES string of the molecule is C1CCNC1.COc1cc(COCCOC(C)(C)CCOC(C)C)cc(OC)c1-c1ccc(C[C@H](NC=O)C(=O)O)cc1.O=[N+]([O-])c1cc(Cl)cc(Cl)c1. The molecular weight excluding hydrogens is 741 g/mol. The number of carbonyl (C=O) groups excluding carboxylic acids is 1.